The maximum Gasteiger partial charge on any atom is 0.263 e. The third kappa shape index (κ3) is 3.40. The number of fused-ring (bicyclic) bond motifs is 1. The summed E-state index contributed by atoms with van der Waals surface area (Å²) in [5, 5.41) is 5.96. The third-order valence-corrected chi connectivity index (χ3v) is 3.41. The Hall–Kier alpha value is -1.93. The van der Waals surface area contributed by atoms with Gasteiger partial charge in [-0.2, -0.15) is 0 Å². The number of carbonyl (C=O) groups excluding carboxylic acids is 1. The Bertz CT molecular complexity index is 531. The minimum Gasteiger partial charge on any atom is -0.476 e. The van der Waals surface area contributed by atoms with Gasteiger partial charge in [-0.25, -0.2) is 9.97 Å². The van der Waals surface area contributed by atoms with Crippen LogP contribution in [0.25, 0.3) is 0 Å². The summed E-state index contributed by atoms with van der Waals surface area (Å²) < 4.78 is 10.8. The highest BCUT2D eigenvalue weighted by atomic mass is 16.5. The fourth-order valence-corrected chi connectivity index (χ4v) is 2.37. The molecule has 0 unspecified atom stereocenters. The zero-order chi connectivity index (χ0) is 14.7. The number of amides is 1. The first-order valence-corrected chi connectivity index (χ1v) is 7.07. The lowest BCUT2D eigenvalue weighted by atomic mass is 10.3. The molecule has 2 N–H and O–H groups in total. The number of hydrogen-bond donors (Lipinski definition) is 2. The maximum absolute atomic E-state index is 11.3. The van der Waals surface area contributed by atoms with Crippen molar-refractivity contribution in [1.29, 1.82) is 0 Å². The summed E-state index contributed by atoms with van der Waals surface area (Å²) in [6, 6.07) is 0. The van der Waals surface area contributed by atoms with Crippen LogP contribution in [0.3, 0.4) is 0 Å². The molecule has 0 atom stereocenters. The summed E-state index contributed by atoms with van der Waals surface area (Å²) in [5.41, 5.74) is 0. The van der Waals surface area contributed by atoms with Gasteiger partial charge >= 0.3 is 0 Å². The van der Waals surface area contributed by atoms with E-state index in [4.69, 9.17) is 9.47 Å². The Morgan fingerprint density at radius 1 is 1.33 bits per heavy atom. The average Bonchev–Trinajstić information content (AvgIpc) is 2.47. The van der Waals surface area contributed by atoms with E-state index >= 15 is 0 Å². The van der Waals surface area contributed by atoms with Crippen molar-refractivity contribution in [2.24, 2.45) is 0 Å². The second-order valence-corrected chi connectivity index (χ2v) is 5.01. The Kier molecular flexibility index (Phi) is 4.16. The van der Waals surface area contributed by atoms with Crippen molar-refractivity contribution in [3.63, 3.8) is 0 Å². The number of morpholine rings is 1. The van der Waals surface area contributed by atoms with Crippen LogP contribution in [0.15, 0.2) is 0 Å². The molecule has 2 aliphatic rings. The molecule has 0 radical (unpaired) electrons. The molecule has 0 spiro atoms. The number of nitrogens with zero attached hydrogens (tertiary/aromatic N) is 3. The van der Waals surface area contributed by atoms with Crippen LogP contribution in [-0.4, -0.2) is 66.8 Å². The number of nitrogens with one attached hydrogen (secondary N) is 2. The molecule has 1 aromatic heterocycles. The molecular formula is C13H19N5O3. The Morgan fingerprint density at radius 2 is 2.14 bits per heavy atom. The lowest BCUT2D eigenvalue weighted by molar-refractivity contribution is -0.118. The minimum absolute atomic E-state index is 0.00242. The summed E-state index contributed by atoms with van der Waals surface area (Å²) in [4.78, 5) is 22.2. The summed E-state index contributed by atoms with van der Waals surface area (Å²) in [5.74, 6) is 1.98. The summed E-state index contributed by atoms with van der Waals surface area (Å²) >= 11 is 0. The highest BCUT2D eigenvalue weighted by Gasteiger charge is 2.22. The van der Waals surface area contributed by atoms with Crippen LogP contribution in [0.4, 0.5) is 11.6 Å². The first-order chi connectivity index (χ1) is 10.2. The van der Waals surface area contributed by atoms with E-state index < -0.39 is 0 Å². The molecule has 3 heterocycles. The maximum atomic E-state index is 11.3. The van der Waals surface area contributed by atoms with E-state index in [9.17, 15) is 4.79 Å². The third-order valence-electron chi connectivity index (χ3n) is 3.41. The van der Waals surface area contributed by atoms with E-state index in [1.807, 2.05) is 0 Å². The minimum atomic E-state index is -0.195. The predicted octanol–water partition coefficient (Wildman–Crippen LogP) is -0.140. The van der Waals surface area contributed by atoms with E-state index in [2.05, 4.69) is 25.5 Å². The first kappa shape index (κ1) is 14.0. The second kappa shape index (κ2) is 6.23. The van der Waals surface area contributed by atoms with Crippen molar-refractivity contribution in [3.8, 4) is 5.75 Å². The molecule has 0 aliphatic carbocycles. The van der Waals surface area contributed by atoms with Crippen LogP contribution >= 0.6 is 0 Å². The van der Waals surface area contributed by atoms with Gasteiger partial charge in [0.2, 0.25) is 5.75 Å². The second-order valence-electron chi connectivity index (χ2n) is 5.01. The number of aryl methyl sites for hydroxylation is 1. The molecule has 1 saturated heterocycles. The molecule has 1 aromatic rings. The van der Waals surface area contributed by atoms with Crippen LogP contribution < -0.4 is 15.4 Å². The van der Waals surface area contributed by atoms with Crippen LogP contribution in [0.5, 0.6) is 5.75 Å². The van der Waals surface area contributed by atoms with Crippen LogP contribution in [-0.2, 0) is 9.53 Å². The van der Waals surface area contributed by atoms with Crippen LogP contribution in [0.1, 0.15) is 5.82 Å². The monoisotopic (exact) mass is 293 g/mol. The Morgan fingerprint density at radius 3 is 2.95 bits per heavy atom. The zero-order valence-corrected chi connectivity index (χ0v) is 12.0. The molecule has 114 valence electrons. The van der Waals surface area contributed by atoms with Crippen molar-refractivity contribution >= 4 is 17.5 Å². The Labute approximate surface area is 122 Å². The summed E-state index contributed by atoms with van der Waals surface area (Å²) in [7, 11) is 0. The van der Waals surface area contributed by atoms with E-state index in [-0.39, 0.29) is 12.5 Å². The van der Waals surface area contributed by atoms with Crippen molar-refractivity contribution in [2.45, 2.75) is 6.92 Å². The number of carbonyl (C=O) groups is 1. The number of aromatic nitrogens is 2. The topological polar surface area (TPSA) is 88.6 Å². The zero-order valence-electron chi connectivity index (χ0n) is 12.0. The molecule has 0 bridgehead atoms. The van der Waals surface area contributed by atoms with Gasteiger partial charge in [0.25, 0.3) is 5.91 Å². The summed E-state index contributed by atoms with van der Waals surface area (Å²) in [6.07, 6.45) is 0. The molecule has 2 aliphatic heterocycles. The lowest BCUT2D eigenvalue weighted by Crippen LogP contribution is -2.39. The van der Waals surface area contributed by atoms with E-state index in [0.717, 1.165) is 39.4 Å². The van der Waals surface area contributed by atoms with E-state index in [0.29, 0.717) is 23.2 Å². The number of anilines is 2. The van der Waals surface area contributed by atoms with Gasteiger partial charge < -0.3 is 20.1 Å². The average molecular weight is 293 g/mol. The first-order valence-electron chi connectivity index (χ1n) is 7.07. The van der Waals surface area contributed by atoms with Gasteiger partial charge in [-0.15, -0.1) is 0 Å². The molecule has 0 saturated carbocycles. The number of hydrogen-bond acceptors (Lipinski definition) is 7. The smallest absolute Gasteiger partial charge is 0.263 e. The van der Waals surface area contributed by atoms with Gasteiger partial charge in [0, 0.05) is 26.2 Å². The Balaban J connectivity index is 1.63. The lowest BCUT2D eigenvalue weighted by Gasteiger charge is -2.27. The van der Waals surface area contributed by atoms with Crippen molar-refractivity contribution in [3.05, 3.63) is 5.82 Å². The van der Waals surface area contributed by atoms with E-state index in [1.54, 1.807) is 6.92 Å². The van der Waals surface area contributed by atoms with Crippen molar-refractivity contribution in [1.82, 2.24) is 14.9 Å². The highest BCUT2D eigenvalue weighted by molar-refractivity contribution is 5.95. The van der Waals surface area contributed by atoms with Gasteiger partial charge in [0.1, 0.15) is 5.82 Å². The molecule has 1 amide bonds. The fourth-order valence-electron chi connectivity index (χ4n) is 2.37. The number of ether oxygens (including phenoxy) is 2. The normalized spacial score (nSPS) is 18.6. The highest BCUT2D eigenvalue weighted by Crippen LogP contribution is 2.32. The van der Waals surface area contributed by atoms with E-state index in [1.165, 1.54) is 0 Å². The van der Waals surface area contributed by atoms with Gasteiger partial charge in [0.15, 0.2) is 18.2 Å². The summed E-state index contributed by atoms with van der Waals surface area (Å²) in [6.45, 7) is 6.93. The molecule has 3 rings (SSSR count). The quantitative estimate of drug-likeness (QED) is 0.798. The van der Waals surface area contributed by atoms with Crippen molar-refractivity contribution < 1.29 is 14.3 Å². The standard InChI is InChI=1S/C13H19N5O3/c1-9-15-12(11-13(16-9)17-10(19)8-21-11)14-2-3-18-4-6-20-7-5-18/h2-8H2,1H3,(H2,14,15,16,17,19). The van der Waals surface area contributed by atoms with Crippen LogP contribution in [0.2, 0.25) is 0 Å². The molecule has 8 nitrogen and oxygen atoms in total. The van der Waals surface area contributed by atoms with Gasteiger partial charge in [-0.3, -0.25) is 9.69 Å². The SMILES string of the molecule is Cc1nc(NCCN2CCOCC2)c2c(n1)NC(=O)CO2. The fraction of sp³-hybridized carbons (Fsp3) is 0.615. The molecule has 8 heteroatoms. The van der Waals surface area contributed by atoms with Crippen molar-refractivity contribution in [2.75, 3.05) is 56.6 Å². The largest absolute Gasteiger partial charge is 0.476 e. The van der Waals surface area contributed by atoms with Gasteiger partial charge in [-0.1, -0.05) is 0 Å². The van der Waals surface area contributed by atoms with Gasteiger partial charge in [0.05, 0.1) is 13.2 Å². The predicted molar refractivity (Wildman–Crippen MR) is 76.6 cm³/mol. The molecular weight excluding hydrogens is 274 g/mol. The molecule has 1 fully saturated rings. The van der Waals surface area contributed by atoms with Gasteiger partial charge in [-0.05, 0) is 6.92 Å². The molecule has 21 heavy (non-hydrogen) atoms. The van der Waals surface area contributed by atoms with Crippen LogP contribution in [0, 0.1) is 6.92 Å². The number of rotatable bonds is 4. The molecule has 0 aromatic carbocycles.